The molecule has 7 N–H and O–H groups in total. The van der Waals surface area contributed by atoms with Gasteiger partial charge in [-0.15, -0.1) is 5.11 Å². The zero-order valence-electron chi connectivity index (χ0n) is 23.3. The number of phenols is 1. The van der Waals surface area contributed by atoms with E-state index < -0.39 is 54.1 Å². The summed E-state index contributed by atoms with van der Waals surface area (Å²) in [5.74, 6) is -2.15. The third-order valence-electron chi connectivity index (χ3n) is 6.95. The molecule has 232 valence electrons. The van der Waals surface area contributed by atoms with Crippen molar-refractivity contribution in [1.29, 1.82) is 0 Å². The van der Waals surface area contributed by atoms with Crippen molar-refractivity contribution in [2.75, 3.05) is 5.32 Å². The highest BCUT2D eigenvalue weighted by atomic mass is 32.2. The predicted molar refractivity (Wildman–Crippen MR) is 161 cm³/mol. The Morgan fingerprint density at radius 3 is 2.05 bits per heavy atom. The number of aromatic hydroxyl groups is 1. The van der Waals surface area contributed by atoms with E-state index in [0.717, 1.165) is 16.7 Å². The monoisotopic (exact) mass is 644 g/mol. The number of nitrogens with zero attached hydrogens (tertiary/aromatic N) is 2. The fourth-order valence-corrected chi connectivity index (χ4v) is 6.38. The first-order chi connectivity index (χ1) is 20.5. The van der Waals surface area contributed by atoms with Crippen LogP contribution in [0, 0.1) is 13.8 Å². The van der Waals surface area contributed by atoms with Gasteiger partial charge >= 0.3 is 5.97 Å². The molecule has 3 aromatic rings. The van der Waals surface area contributed by atoms with Gasteiger partial charge in [0.05, 0.1) is 23.1 Å². The van der Waals surface area contributed by atoms with Crippen LogP contribution in [0.2, 0.25) is 0 Å². The van der Waals surface area contributed by atoms with Crippen LogP contribution in [0.1, 0.15) is 41.1 Å². The number of carbonyl (C=O) groups excluding carboxylic acids is 1. The lowest BCUT2D eigenvalue weighted by Gasteiger charge is -2.28. The Balaban J connectivity index is 1.61. The molecule has 0 saturated carbocycles. The van der Waals surface area contributed by atoms with E-state index in [1.54, 1.807) is 38.1 Å². The van der Waals surface area contributed by atoms with Gasteiger partial charge in [-0.2, -0.15) is 21.9 Å². The summed E-state index contributed by atoms with van der Waals surface area (Å²) in [4.78, 5) is 21.8. The first-order valence-electron chi connectivity index (χ1n) is 12.9. The molecule has 0 bridgehead atoms. The number of azo groups is 1. The Hall–Kier alpha value is -4.48. The van der Waals surface area contributed by atoms with Crippen molar-refractivity contribution < 1.29 is 45.7 Å². The number of carboxylic acid groups (broad SMARTS) is 1. The number of carbonyl (C=O) groups is 2. The molecule has 1 aliphatic carbocycles. The Morgan fingerprint density at radius 1 is 0.886 bits per heavy atom. The molecule has 0 fully saturated rings. The van der Waals surface area contributed by atoms with Crippen LogP contribution >= 0.6 is 0 Å². The average Bonchev–Trinajstić information content (AvgIpc) is 2.91. The Morgan fingerprint density at radius 2 is 1.48 bits per heavy atom. The van der Waals surface area contributed by atoms with Gasteiger partial charge in [0.15, 0.2) is 0 Å². The van der Waals surface area contributed by atoms with Crippen molar-refractivity contribution >= 4 is 54.1 Å². The number of nitrogens with two attached hydrogens (primary N) is 1. The molecular formula is C28H28N4O10S2. The molecule has 4 rings (SSSR count). The highest BCUT2D eigenvalue weighted by Crippen LogP contribution is 2.45. The van der Waals surface area contributed by atoms with E-state index in [9.17, 15) is 40.6 Å². The molecule has 1 aliphatic rings. The quantitative estimate of drug-likeness (QED) is 0.141. The first kappa shape index (κ1) is 32.4. The van der Waals surface area contributed by atoms with Crippen LogP contribution in [-0.2, 0) is 29.8 Å². The predicted octanol–water partition coefficient (Wildman–Crippen LogP) is 4.39. The molecule has 3 aromatic carbocycles. The highest BCUT2D eigenvalue weighted by Gasteiger charge is 2.40. The minimum Gasteiger partial charge on any atom is -0.505 e. The maximum Gasteiger partial charge on any atom is 0.303 e. The molecule has 0 saturated heterocycles. The maximum absolute atomic E-state index is 12.0. The molecular weight excluding hydrogens is 616 g/mol. The van der Waals surface area contributed by atoms with E-state index in [2.05, 4.69) is 15.5 Å². The summed E-state index contributed by atoms with van der Waals surface area (Å²) in [7, 11) is -9.89. The van der Waals surface area contributed by atoms with E-state index in [4.69, 9.17) is 10.8 Å². The smallest absolute Gasteiger partial charge is 0.303 e. The van der Waals surface area contributed by atoms with Crippen molar-refractivity contribution in [3.05, 3.63) is 76.9 Å². The number of benzene rings is 3. The lowest BCUT2D eigenvalue weighted by Crippen LogP contribution is -2.35. The molecule has 0 heterocycles. The molecule has 14 nitrogen and oxygen atoms in total. The number of amides is 1. The second-order valence-electron chi connectivity index (χ2n) is 10.1. The van der Waals surface area contributed by atoms with Crippen molar-refractivity contribution in [2.45, 2.75) is 38.0 Å². The number of aliphatic carboxylic acids is 1. The third kappa shape index (κ3) is 7.00. The normalized spacial score (nSPS) is 16.8. The summed E-state index contributed by atoms with van der Waals surface area (Å²) in [6.45, 7) is 3.57. The fraction of sp³-hybridized carbons (Fsp3) is 0.214. The second-order valence-corrected chi connectivity index (χ2v) is 13.0. The van der Waals surface area contributed by atoms with E-state index in [-0.39, 0.29) is 29.7 Å². The zero-order valence-corrected chi connectivity index (χ0v) is 24.9. The summed E-state index contributed by atoms with van der Waals surface area (Å²) in [5.41, 5.74) is 9.26. The topological polar surface area (TPSA) is 246 Å². The van der Waals surface area contributed by atoms with Gasteiger partial charge in [0.2, 0.25) is 5.91 Å². The number of aryl methyl sites for hydroxylation is 2. The summed E-state index contributed by atoms with van der Waals surface area (Å²) in [6.07, 6.45) is 0.193. The molecule has 0 spiro atoms. The van der Waals surface area contributed by atoms with Crippen LogP contribution in [-0.4, -0.2) is 53.3 Å². The van der Waals surface area contributed by atoms with Crippen molar-refractivity contribution in [3.63, 3.8) is 0 Å². The number of phenolic OH excluding ortho intramolecular Hbond substituents is 1. The van der Waals surface area contributed by atoms with Gasteiger partial charge in [0, 0.05) is 23.2 Å². The summed E-state index contributed by atoms with van der Waals surface area (Å²) in [5, 5.41) is 28.6. The third-order valence-corrected chi connectivity index (χ3v) is 8.98. The molecule has 1 amide bonds. The number of fused-ring (bicyclic) bond motifs is 1. The molecule has 0 aromatic heterocycles. The second kappa shape index (κ2) is 12.3. The van der Waals surface area contributed by atoms with Crippen LogP contribution in [0.15, 0.2) is 64.8 Å². The van der Waals surface area contributed by atoms with Gasteiger partial charge in [-0.3, -0.25) is 18.7 Å². The van der Waals surface area contributed by atoms with E-state index >= 15 is 0 Å². The zero-order chi connectivity index (χ0) is 32.6. The first-order valence-corrected chi connectivity index (χ1v) is 15.8. The van der Waals surface area contributed by atoms with Crippen molar-refractivity contribution in [3.8, 4) is 16.9 Å². The van der Waals surface area contributed by atoms with Crippen LogP contribution in [0.5, 0.6) is 5.75 Å². The van der Waals surface area contributed by atoms with Crippen molar-refractivity contribution in [1.82, 2.24) is 0 Å². The highest BCUT2D eigenvalue weighted by molar-refractivity contribution is 7.95. The number of carboxylic acids is 1. The van der Waals surface area contributed by atoms with Gasteiger partial charge in [0.1, 0.15) is 16.7 Å². The largest absolute Gasteiger partial charge is 0.505 e. The number of hydrogen-bond acceptors (Lipinski definition) is 10. The summed E-state index contributed by atoms with van der Waals surface area (Å²) < 4.78 is 66.8. The Labute approximate surface area is 252 Å². The van der Waals surface area contributed by atoms with Gasteiger partial charge in [-0.05, 0) is 72.5 Å². The Kier molecular flexibility index (Phi) is 9.03. The minimum absolute atomic E-state index is 0.143. The number of hydrogen-bond donors (Lipinski definition) is 6. The summed E-state index contributed by atoms with van der Waals surface area (Å²) >= 11 is 0. The number of rotatable bonds is 9. The molecule has 2 atom stereocenters. The molecule has 2 unspecified atom stereocenters. The molecule has 0 aliphatic heterocycles. The van der Waals surface area contributed by atoms with E-state index in [1.165, 1.54) is 12.1 Å². The summed E-state index contributed by atoms with van der Waals surface area (Å²) in [6, 6.07) is 11.4. The van der Waals surface area contributed by atoms with E-state index in [1.807, 2.05) is 12.1 Å². The lowest BCUT2D eigenvalue weighted by atomic mass is 9.91. The molecule has 44 heavy (non-hydrogen) atoms. The Bertz CT molecular complexity index is 1950. The van der Waals surface area contributed by atoms with E-state index in [0.29, 0.717) is 23.0 Å². The average molecular weight is 645 g/mol. The van der Waals surface area contributed by atoms with Crippen LogP contribution in [0.4, 0.5) is 17.1 Å². The van der Waals surface area contributed by atoms with Gasteiger partial charge in [-0.25, -0.2) is 0 Å². The SMILES string of the molecule is Cc1cc(-c2ccc(NC(=O)CCC(=O)O)c(C)c2)ccc1/N=N/c1ccc2c(c1O)C(N)C(S(=O)(=O)O)C=C2S(=O)(=O)O. The van der Waals surface area contributed by atoms with Crippen molar-refractivity contribution in [2.24, 2.45) is 16.0 Å². The van der Waals surface area contributed by atoms with Gasteiger partial charge < -0.3 is 21.3 Å². The minimum atomic E-state index is -4.96. The fourth-order valence-electron chi connectivity index (χ4n) is 4.70. The molecule has 16 heteroatoms. The van der Waals surface area contributed by atoms with Crippen LogP contribution in [0.3, 0.4) is 0 Å². The lowest BCUT2D eigenvalue weighted by molar-refractivity contribution is -0.138. The standard InChI is InChI=1S/C28H28N4O10S2/c1-14-11-16(3-6-19(14)30-24(33)9-10-25(34)35)17-4-7-20(15(2)12-17)31-32-21-8-5-18-22(43(37,38)39)13-23(44(40,41)42)27(29)26(18)28(21)36/h3-8,11-13,23,27,36H,9-10,29H2,1-2H3,(H,30,33)(H,34,35)(H,37,38,39)(H,40,41,42)/b32-31+. The molecule has 0 radical (unpaired) electrons. The maximum atomic E-state index is 12.0. The van der Waals surface area contributed by atoms with Crippen LogP contribution < -0.4 is 11.1 Å². The van der Waals surface area contributed by atoms with Gasteiger partial charge in [0.25, 0.3) is 20.2 Å². The number of nitrogens with one attached hydrogen (secondary N) is 1. The van der Waals surface area contributed by atoms with Gasteiger partial charge in [-0.1, -0.05) is 18.2 Å². The number of anilines is 1. The van der Waals surface area contributed by atoms with Crippen LogP contribution in [0.25, 0.3) is 16.0 Å².